The number of sulfonamides is 1. The lowest BCUT2D eigenvalue weighted by molar-refractivity contribution is 0.476. The third kappa shape index (κ3) is 2.31. The maximum absolute atomic E-state index is 11.7. The molecule has 8 heteroatoms. The lowest BCUT2D eigenvalue weighted by Crippen LogP contribution is -2.32. The zero-order valence-electron chi connectivity index (χ0n) is 7.58. The molecule has 0 aliphatic carbocycles. The average Bonchev–Trinajstić information content (AvgIpc) is 2.70. The molecule has 0 saturated carbocycles. The molecule has 15 heavy (non-hydrogen) atoms. The molecule has 78 valence electrons. The summed E-state index contributed by atoms with van der Waals surface area (Å²) in [5, 5.41) is 22.5. The summed E-state index contributed by atoms with van der Waals surface area (Å²) < 4.78 is 24.2. The Morgan fingerprint density at radius 2 is 2.00 bits per heavy atom. The Kier molecular flexibility index (Phi) is 3.39. The fourth-order valence-electron chi connectivity index (χ4n) is 0.909. The highest BCUT2D eigenvalue weighted by Crippen LogP contribution is 2.10. The second kappa shape index (κ2) is 4.55. The van der Waals surface area contributed by atoms with Crippen LogP contribution in [0.1, 0.15) is 0 Å². The highest BCUT2D eigenvalue weighted by molar-refractivity contribution is 7.89. The zero-order chi connectivity index (χ0) is 11.3. The summed E-state index contributed by atoms with van der Waals surface area (Å²) in [5.41, 5.74) is 0. The highest BCUT2D eigenvalue weighted by atomic mass is 32.2. The van der Waals surface area contributed by atoms with Crippen LogP contribution in [0.4, 0.5) is 0 Å². The van der Waals surface area contributed by atoms with Crippen molar-refractivity contribution in [2.75, 3.05) is 13.1 Å². The number of nitrogens with zero attached hydrogens (tertiary/aromatic N) is 4. The average molecular weight is 225 g/mol. The standard InChI is InChI=1S/C7H7N5O2S/c8-2-5-12(6-3-9)15(13,14)7-1-4-10-11-7/h1,4H,5-6H2,(H,10,11). The normalized spacial score (nSPS) is 10.9. The Hall–Kier alpha value is -1.90. The third-order valence-electron chi connectivity index (χ3n) is 1.59. The first-order valence-corrected chi connectivity index (χ1v) is 5.30. The van der Waals surface area contributed by atoms with Crippen LogP contribution >= 0.6 is 0 Å². The molecule has 0 aliphatic heterocycles. The maximum Gasteiger partial charge on any atom is 0.261 e. The van der Waals surface area contributed by atoms with E-state index in [4.69, 9.17) is 10.5 Å². The predicted molar refractivity (Wildman–Crippen MR) is 48.6 cm³/mol. The van der Waals surface area contributed by atoms with Crippen LogP contribution in [0, 0.1) is 22.7 Å². The minimum absolute atomic E-state index is 0.131. The molecule has 0 spiro atoms. The van der Waals surface area contributed by atoms with Gasteiger partial charge in [0.05, 0.1) is 18.3 Å². The third-order valence-corrected chi connectivity index (χ3v) is 3.31. The fraction of sp³-hybridized carbons (Fsp3) is 0.286. The van der Waals surface area contributed by atoms with Gasteiger partial charge in [-0.05, 0) is 6.07 Å². The molecule has 0 atom stereocenters. The Labute approximate surface area is 86.6 Å². The number of nitriles is 2. The molecule has 0 radical (unpaired) electrons. The van der Waals surface area contributed by atoms with Crippen LogP contribution in [-0.2, 0) is 10.0 Å². The molecule has 0 saturated heterocycles. The summed E-state index contributed by atoms with van der Waals surface area (Å²) >= 11 is 0. The number of H-pyrrole nitrogens is 1. The van der Waals surface area contributed by atoms with Crippen molar-refractivity contribution in [3.63, 3.8) is 0 Å². The van der Waals surface area contributed by atoms with Gasteiger partial charge in [-0.15, -0.1) is 0 Å². The molecular formula is C7H7N5O2S. The molecule has 0 unspecified atom stereocenters. The van der Waals surface area contributed by atoms with Crippen LogP contribution in [0.5, 0.6) is 0 Å². The van der Waals surface area contributed by atoms with Gasteiger partial charge in [0.25, 0.3) is 10.0 Å². The van der Waals surface area contributed by atoms with Crippen molar-refractivity contribution >= 4 is 10.0 Å². The van der Waals surface area contributed by atoms with Crippen LogP contribution in [0.25, 0.3) is 0 Å². The largest absolute Gasteiger partial charge is 0.266 e. The van der Waals surface area contributed by atoms with E-state index < -0.39 is 10.0 Å². The minimum atomic E-state index is -3.81. The monoisotopic (exact) mass is 225 g/mol. The number of hydrogen-bond donors (Lipinski definition) is 1. The molecule has 1 heterocycles. The van der Waals surface area contributed by atoms with E-state index in [1.807, 2.05) is 0 Å². The van der Waals surface area contributed by atoms with Crippen molar-refractivity contribution < 1.29 is 8.42 Å². The van der Waals surface area contributed by atoms with Crippen LogP contribution < -0.4 is 0 Å². The molecule has 1 rings (SSSR count). The first kappa shape index (κ1) is 11.2. The number of rotatable bonds is 4. The Morgan fingerprint density at radius 1 is 1.40 bits per heavy atom. The summed E-state index contributed by atoms with van der Waals surface area (Å²) in [6.45, 7) is -0.732. The van der Waals surface area contributed by atoms with E-state index in [1.165, 1.54) is 12.3 Å². The topological polar surface area (TPSA) is 114 Å². The van der Waals surface area contributed by atoms with Gasteiger partial charge in [-0.2, -0.15) is 19.9 Å². The van der Waals surface area contributed by atoms with Crippen molar-refractivity contribution in [1.82, 2.24) is 14.5 Å². The Bertz CT molecular complexity index is 476. The molecule has 0 bridgehead atoms. The van der Waals surface area contributed by atoms with Gasteiger partial charge < -0.3 is 0 Å². The lowest BCUT2D eigenvalue weighted by atomic mass is 10.6. The molecule has 0 amide bonds. The van der Waals surface area contributed by atoms with E-state index in [1.54, 1.807) is 12.1 Å². The van der Waals surface area contributed by atoms with E-state index in [-0.39, 0.29) is 18.1 Å². The second-order valence-corrected chi connectivity index (χ2v) is 4.42. The fourth-order valence-corrected chi connectivity index (χ4v) is 2.04. The quantitative estimate of drug-likeness (QED) is 0.690. The van der Waals surface area contributed by atoms with Crippen molar-refractivity contribution in [1.29, 1.82) is 10.5 Å². The van der Waals surface area contributed by atoms with E-state index in [2.05, 4.69) is 10.2 Å². The maximum atomic E-state index is 11.7. The Morgan fingerprint density at radius 3 is 2.40 bits per heavy atom. The first-order valence-electron chi connectivity index (χ1n) is 3.86. The van der Waals surface area contributed by atoms with Gasteiger partial charge in [0.2, 0.25) is 0 Å². The van der Waals surface area contributed by atoms with Crippen molar-refractivity contribution in [3.05, 3.63) is 12.3 Å². The zero-order valence-corrected chi connectivity index (χ0v) is 8.40. The first-order chi connectivity index (χ1) is 7.12. The molecule has 1 aromatic rings. The van der Waals surface area contributed by atoms with Gasteiger partial charge in [-0.1, -0.05) is 0 Å². The summed E-state index contributed by atoms with van der Waals surface area (Å²) in [6.07, 6.45) is 1.28. The van der Waals surface area contributed by atoms with E-state index >= 15 is 0 Å². The molecule has 7 nitrogen and oxygen atoms in total. The molecule has 0 fully saturated rings. The SMILES string of the molecule is N#CCN(CC#N)S(=O)(=O)c1ccn[nH]1. The summed E-state index contributed by atoms with van der Waals surface area (Å²) in [7, 11) is -3.81. The smallest absolute Gasteiger partial charge is 0.261 e. The number of nitrogens with one attached hydrogen (secondary N) is 1. The van der Waals surface area contributed by atoms with Gasteiger partial charge in [0.15, 0.2) is 5.03 Å². The second-order valence-electron chi connectivity index (χ2n) is 2.51. The van der Waals surface area contributed by atoms with E-state index in [0.717, 1.165) is 4.31 Å². The minimum Gasteiger partial charge on any atom is -0.266 e. The van der Waals surface area contributed by atoms with Gasteiger partial charge in [-0.25, -0.2) is 8.42 Å². The summed E-state index contributed by atoms with van der Waals surface area (Å²) in [5.74, 6) is 0. The van der Waals surface area contributed by atoms with Gasteiger partial charge >= 0.3 is 0 Å². The van der Waals surface area contributed by atoms with Crippen molar-refractivity contribution in [2.45, 2.75) is 5.03 Å². The number of hydrogen-bond acceptors (Lipinski definition) is 5. The van der Waals surface area contributed by atoms with E-state index in [0.29, 0.717) is 0 Å². The molecular weight excluding hydrogens is 218 g/mol. The Balaban J connectivity index is 3.04. The molecule has 1 N–H and O–H groups in total. The highest BCUT2D eigenvalue weighted by Gasteiger charge is 2.25. The van der Waals surface area contributed by atoms with Gasteiger partial charge in [0, 0.05) is 0 Å². The lowest BCUT2D eigenvalue weighted by Gasteiger charge is -2.13. The summed E-state index contributed by atoms with van der Waals surface area (Å²) in [6, 6.07) is 4.63. The van der Waals surface area contributed by atoms with Crippen LogP contribution in [0.3, 0.4) is 0 Å². The molecule has 0 aliphatic rings. The van der Waals surface area contributed by atoms with Crippen molar-refractivity contribution in [2.24, 2.45) is 0 Å². The summed E-state index contributed by atoms with van der Waals surface area (Å²) in [4.78, 5) is 0. The van der Waals surface area contributed by atoms with E-state index in [9.17, 15) is 8.42 Å². The van der Waals surface area contributed by atoms with Crippen LogP contribution in [-0.4, -0.2) is 36.0 Å². The van der Waals surface area contributed by atoms with Gasteiger partial charge in [-0.3, -0.25) is 5.10 Å². The van der Waals surface area contributed by atoms with Crippen molar-refractivity contribution in [3.8, 4) is 12.1 Å². The van der Waals surface area contributed by atoms with Gasteiger partial charge in [0.1, 0.15) is 13.1 Å². The predicted octanol–water partition coefficient (Wildman–Crippen LogP) is -0.552. The van der Waals surface area contributed by atoms with Crippen LogP contribution in [0.15, 0.2) is 17.3 Å². The number of aromatic amines is 1. The molecule has 1 aromatic heterocycles. The molecule has 0 aromatic carbocycles. The number of aromatic nitrogens is 2. The van der Waals surface area contributed by atoms with Crippen LogP contribution in [0.2, 0.25) is 0 Å².